The Labute approximate surface area is 120 Å². The number of carbonyl (C=O) groups is 1. The summed E-state index contributed by atoms with van der Waals surface area (Å²) in [4.78, 5) is 12.1. The van der Waals surface area contributed by atoms with Crippen LogP contribution in [0.2, 0.25) is 0 Å². The minimum Gasteiger partial charge on any atom is -0.352 e. The summed E-state index contributed by atoms with van der Waals surface area (Å²) in [5.74, 6) is -0.196. The molecule has 1 fully saturated rings. The van der Waals surface area contributed by atoms with Crippen LogP contribution in [0.25, 0.3) is 0 Å². The van der Waals surface area contributed by atoms with Crippen LogP contribution in [-0.2, 0) is 4.79 Å². The number of benzene rings is 1. The van der Waals surface area contributed by atoms with Crippen LogP contribution in [0, 0.1) is 5.82 Å². The molecule has 2 rings (SSSR count). The van der Waals surface area contributed by atoms with Crippen molar-refractivity contribution in [3.05, 3.63) is 35.6 Å². The summed E-state index contributed by atoms with van der Waals surface area (Å²) in [5, 5.41) is 6.34. The van der Waals surface area contributed by atoms with Crippen molar-refractivity contribution in [2.45, 2.75) is 57.7 Å². The molecular formula is C16H23FN2O. The minimum atomic E-state index is -0.254. The fourth-order valence-electron chi connectivity index (χ4n) is 2.69. The van der Waals surface area contributed by atoms with Crippen molar-refractivity contribution in [1.82, 2.24) is 10.6 Å². The van der Waals surface area contributed by atoms with Gasteiger partial charge in [-0.05, 0) is 44.4 Å². The van der Waals surface area contributed by atoms with E-state index in [0.29, 0.717) is 6.04 Å². The molecule has 3 nitrogen and oxygen atoms in total. The standard InChI is InChI=1S/C16H23FN2O/c1-11(13-7-9-14(17)10-8-13)18-12(2)16(20)19-15-5-3-4-6-15/h7-12,15,18H,3-6H2,1-2H3,(H,19,20)/t11-,12?/m1/s1. The molecule has 2 atom stereocenters. The quantitative estimate of drug-likeness (QED) is 0.869. The molecule has 0 bridgehead atoms. The van der Waals surface area contributed by atoms with E-state index in [1.165, 1.54) is 25.0 Å². The monoisotopic (exact) mass is 278 g/mol. The highest BCUT2D eigenvalue weighted by atomic mass is 19.1. The lowest BCUT2D eigenvalue weighted by molar-refractivity contribution is -0.123. The Kier molecular flexibility index (Phi) is 5.12. The zero-order valence-corrected chi connectivity index (χ0v) is 12.2. The van der Waals surface area contributed by atoms with E-state index in [9.17, 15) is 9.18 Å². The third-order valence-electron chi connectivity index (χ3n) is 3.96. The zero-order valence-electron chi connectivity index (χ0n) is 12.2. The van der Waals surface area contributed by atoms with Gasteiger partial charge >= 0.3 is 0 Å². The van der Waals surface area contributed by atoms with E-state index in [1.807, 2.05) is 13.8 Å². The number of halogens is 1. The maximum atomic E-state index is 12.9. The lowest BCUT2D eigenvalue weighted by atomic mass is 10.1. The number of amides is 1. The normalized spacial score (nSPS) is 18.8. The Morgan fingerprint density at radius 3 is 2.40 bits per heavy atom. The van der Waals surface area contributed by atoms with Crippen molar-refractivity contribution in [1.29, 1.82) is 0 Å². The van der Waals surface area contributed by atoms with Gasteiger partial charge in [-0.1, -0.05) is 25.0 Å². The predicted molar refractivity (Wildman–Crippen MR) is 77.8 cm³/mol. The van der Waals surface area contributed by atoms with Crippen LogP contribution in [0.4, 0.5) is 4.39 Å². The molecule has 1 aromatic rings. The fraction of sp³-hybridized carbons (Fsp3) is 0.562. The zero-order chi connectivity index (χ0) is 14.5. The van der Waals surface area contributed by atoms with Crippen LogP contribution >= 0.6 is 0 Å². The molecule has 1 amide bonds. The molecule has 1 unspecified atom stereocenters. The summed E-state index contributed by atoms with van der Waals surface area (Å²) in [6.07, 6.45) is 4.59. The topological polar surface area (TPSA) is 41.1 Å². The molecule has 0 saturated heterocycles. The van der Waals surface area contributed by atoms with Gasteiger partial charge in [0.1, 0.15) is 5.82 Å². The first-order valence-corrected chi connectivity index (χ1v) is 7.38. The van der Waals surface area contributed by atoms with Gasteiger partial charge in [0.15, 0.2) is 0 Å². The van der Waals surface area contributed by atoms with Gasteiger partial charge in [0.25, 0.3) is 0 Å². The highest BCUT2D eigenvalue weighted by Gasteiger charge is 2.21. The number of hydrogen-bond acceptors (Lipinski definition) is 2. The van der Waals surface area contributed by atoms with Crippen molar-refractivity contribution in [3.8, 4) is 0 Å². The van der Waals surface area contributed by atoms with Gasteiger partial charge in [0.2, 0.25) is 5.91 Å². The molecule has 0 heterocycles. The minimum absolute atomic E-state index is 0.0138. The average Bonchev–Trinajstić information content (AvgIpc) is 2.92. The Morgan fingerprint density at radius 1 is 1.20 bits per heavy atom. The van der Waals surface area contributed by atoms with E-state index in [0.717, 1.165) is 18.4 Å². The van der Waals surface area contributed by atoms with Gasteiger partial charge in [-0.25, -0.2) is 4.39 Å². The van der Waals surface area contributed by atoms with Gasteiger partial charge in [0, 0.05) is 12.1 Å². The summed E-state index contributed by atoms with van der Waals surface area (Å²) in [5.41, 5.74) is 0.979. The maximum absolute atomic E-state index is 12.9. The van der Waals surface area contributed by atoms with Crippen LogP contribution in [0.15, 0.2) is 24.3 Å². The summed E-state index contributed by atoms with van der Waals surface area (Å²) >= 11 is 0. The molecule has 0 aromatic heterocycles. The predicted octanol–water partition coefficient (Wildman–Crippen LogP) is 2.92. The van der Waals surface area contributed by atoms with Crippen molar-refractivity contribution in [3.63, 3.8) is 0 Å². The van der Waals surface area contributed by atoms with Crippen LogP contribution in [0.3, 0.4) is 0 Å². The summed E-state index contributed by atoms with van der Waals surface area (Å²) in [6, 6.07) is 6.47. The van der Waals surface area contributed by atoms with E-state index >= 15 is 0 Å². The molecule has 4 heteroatoms. The number of rotatable bonds is 5. The van der Waals surface area contributed by atoms with Gasteiger partial charge in [-0.15, -0.1) is 0 Å². The van der Waals surface area contributed by atoms with E-state index in [4.69, 9.17) is 0 Å². The number of nitrogens with one attached hydrogen (secondary N) is 2. The highest BCUT2D eigenvalue weighted by molar-refractivity contribution is 5.81. The molecule has 1 aromatic carbocycles. The van der Waals surface area contributed by atoms with Crippen LogP contribution in [-0.4, -0.2) is 18.0 Å². The first-order valence-electron chi connectivity index (χ1n) is 7.38. The van der Waals surface area contributed by atoms with E-state index in [1.54, 1.807) is 12.1 Å². The van der Waals surface area contributed by atoms with Crippen molar-refractivity contribution in [2.75, 3.05) is 0 Å². The van der Waals surface area contributed by atoms with E-state index in [-0.39, 0.29) is 23.8 Å². The second-order valence-electron chi connectivity index (χ2n) is 5.65. The SMILES string of the molecule is CC(N[C@H](C)c1ccc(F)cc1)C(=O)NC1CCCC1. The lowest BCUT2D eigenvalue weighted by Crippen LogP contribution is -2.46. The molecule has 0 aliphatic heterocycles. The summed E-state index contributed by atoms with van der Waals surface area (Å²) in [6.45, 7) is 3.84. The fourth-order valence-corrected chi connectivity index (χ4v) is 2.69. The Hall–Kier alpha value is -1.42. The molecule has 1 aliphatic carbocycles. The van der Waals surface area contributed by atoms with E-state index in [2.05, 4.69) is 10.6 Å². The van der Waals surface area contributed by atoms with Crippen LogP contribution in [0.5, 0.6) is 0 Å². The van der Waals surface area contributed by atoms with Crippen molar-refractivity contribution >= 4 is 5.91 Å². The molecule has 2 N–H and O–H groups in total. The molecule has 0 spiro atoms. The molecule has 0 radical (unpaired) electrons. The van der Waals surface area contributed by atoms with Gasteiger partial charge in [0.05, 0.1) is 6.04 Å². The summed E-state index contributed by atoms with van der Waals surface area (Å²) in [7, 11) is 0. The van der Waals surface area contributed by atoms with Gasteiger partial charge < -0.3 is 5.32 Å². The Bertz CT molecular complexity index is 440. The lowest BCUT2D eigenvalue weighted by Gasteiger charge is -2.22. The molecule has 20 heavy (non-hydrogen) atoms. The second-order valence-corrected chi connectivity index (χ2v) is 5.65. The first kappa shape index (κ1) is 15.0. The third kappa shape index (κ3) is 4.04. The largest absolute Gasteiger partial charge is 0.352 e. The highest BCUT2D eigenvalue weighted by Crippen LogP contribution is 2.18. The van der Waals surface area contributed by atoms with Crippen LogP contribution in [0.1, 0.15) is 51.1 Å². The number of carbonyl (C=O) groups excluding carboxylic acids is 1. The van der Waals surface area contributed by atoms with Gasteiger partial charge in [-0.3, -0.25) is 10.1 Å². The maximum Gasteiger partial charge on any atom is 0.237 e. The molecular weight excluding hydrogens is 255 g/mol. The average molecular weight is 278 g/mol. The number of hydrogen-bond donors (Lipinski definition) is 2. The van der Waals surface area contributed by atoms with E-state index < -0.39 is 0 Å². The van der Waals surface area contributed by atoms with Crippen LogP contribution < -0.4 is 10.6 Å². The van der Waals surface area contributed by atoms with Gasteiger partial charge in [-0.2, -0.15) is 0 Å². The Morgan fingerprint density at radius 2 is 1.80 bits per heavy atom. The van der Waals surface area contributed by atoms with Crippen molar-refractivity contribution in [2.24, 2.45) is 0 Å². The molecule has 110 valence electrons. The molecule has 1 aliphatic rings. The molecule has 1 saturated carbocycles. The Balaban J connectivity index is 1.84. The second kappa shape index (κ2) is 6.84. The third-order valence-corrected chi connectivity index (χ3v) is 3.96. The first-order chi connectivity index (χ1) is 9.56. The summed E-state index contributed by atoms with van der Waals surface area (Å²) < 4.78 is 12.9. The smallest absolute Gasteiger partial charge is 0.237 e. The van der Waals surface area contributed by atoms with Crippen molar-refractivity contribution < 1.29 is 9.18 Å².